The first-order valence-electron chi connectivity index (χ1n) is 5.99. The Morgan fingerprint density at radius 2 is 1.68 bits per heavy atom. The van der Waals surface area contributed by atoms with Gasteiger partial charge in [0.05, 0.1) is 5.69 Å². The minimum absolute atomic E-state index is 0. The Hall–Kier alpha value is -1.74. The standard InChI is InChI=1S/C15H18N2O.ClH/c1-10-11(2)15(16)17-12(3)14(10)18-9-13-7-5-4-6-8-13;/h4-8H,9H2,1-3H3,(H2,16,17);1H. The molecule has 0 spiro atoms. The quantitative estimate of drug-likeness (QED) is 0.933. The summed E-state index contributed by atoms with van der Waals surface area (Å²) in [4.78, 5) is 4.30. The van der Waals surface area contributed by atoms with E-state index in [9.17, 15) is 0 Å². The maximum absolute atomic E-state index is 5.87. The Bertz CT molecular complexity index is 556. The molecule has 0 amide bonds. The van der Waals surface area contributed by atoms with Gasteiger partial charge in [-0.25, -0.2) is 4.98 Å². The van der Waals surface area contributed by atoms with Crippen LogP contribution in [0.15, 0.2) is 30.3 Å². The number of nitrogens with zero attached hydrogens (tertiary/aromatic N) is 1. The van der Waals surface area contributed by atoms with Gasteiger partial charge in [0, 0.05) is 0 Å². The van der Waals surface area contributed by atoms with Gasteiger partial charge in [0.15, 0.2) is 0 Å². The molecule has 2 aromatic rings. The highest BCUT2D eigenvalue weighted by Crippen LogP contribution is 2.28. The van der Waals surface area contributed by atoms with Crippen LogP contribution in [0.1, 0.15) is 22.4 Å². The number of rotatable bonds is 3. The highest BCUT2D eigenvalue weighted by Gasteiger charge is 2.11. The van der Waals surface area contributed by atoms with Gasteiger partial charge in [-0.2, -0.15) is 0 Å². The molecule has 102 valence electrons. The molecule has 2 rings (SSSR count). The number of nitrogens with two attached hydrogens (primary N) is 1. The fourth-order valence-corrected chi connectivity index (χ4v) is 1.89. The van der Waals surface area contributed by atoms with Gasteiger partial charge in [-0.15, -0.1) is 12.4 Å². The normalized spacial score (nSPS) is 9.84. The number of aryl methyl sites for hydroxylation is 1. The van der Waals surface area contributed by atoms with Crippen LogP contribution in [-0.4, -0.2) is 4.98 Å². The molecule has 19 heavy (non-hydrogen) atoms. The van der Waals surface area contributed by atoms with Crippen LogP contribution in [0, 0.1) is 20.8 Å². The van der Waals surface area contributed by atoms with E-state index in [4.69, 9.17) is 10.5 Å². The van der Waals surface area contributed by atoms with Crippen molar-refractivity contribution in [1.29, 1.82) is 0 Å². The third-order valence-electron chi connectivity index (χ3n) is 3.13. The summed E-state index contributed by atoms with van der Waals surface area (Å²) in [6, 6.07) is 10.1. The molecule has 2 N–H and O–H groups in total. The predicted octanol–water partition coefficient (Wildman–Crippen LogP) is 3.59. The molecule has 0 saturated carbocycles. The summed E-state index contributed by atoms with van der Waals surface area (Å²) in [6.07, 6.45) is 0. The highest BCUT2D eigenvalue weighted by molar-refractivity contribution is 5.85. The molecule has 4 heteroatoms. The number of hydrogen-bond donors (Lipinski definition) is 1. The van der Waals surface area contributed by atoms with Crippen molar-refractivity contribution in [2.45, 2.75) is 27.4 Å². The third kappa shape index (κ3) is 3.38. The molecule has 1 aromatic heterocycles. The Balaban J connectivity index is 0.00000180. The van der Waals surface area contributed by atoms with Crippen LogP contribution in [0.4, 0.5) is 5.82 Å². The molecule has 0 aliphatic heterocycles. The molecular formula is C15H19ClN2O. The van der Waals surface area contributed by atoms with Crippen LogP contribution in [-0.2, 0) is 6.61 Å². The van der Waals surface area contributed by atoms with E-state index < -0.39 is 0 Å². The Labute approximate surface area is 120 Å². The lowest BCUT2D eigenvalue weighted by atomic mass is 10.1. The Morgan fingerprint density at radius 3 is 2.32 bits per heavy atom. The van der Waals surface area contributed by atoms with Crippen molar-refractivity contribution in [2.75, 3.05) is 5.73 Å². The first-order valence-corrected chi connectivity index (χ1v) is 5.99. The first-order chi connectivity index (χ1) is 8.59. The van der Waals surface area contributed by atoms with Crippen LogP contribution in [0.3, 0.4) is 0 Å². The first kappa shape index (κ1) is 15.3. The molecule has 3 nitrogen and oxygen atoms in total. The summed E-state index contributed by atoms with van der Waals surface area (Å²) in [7, 11) is 0. The summed E-state index contributed by atoms with van der Waals surface area (Å²) in [5, 5.41) is 0. The molecule has 1 heterocycles. The van der Waals surface area contributed by atoms with E-state index in [0.717, 1.165) is 28.1 Å². The number of halogens is 1. The van der Waals surface area contributed by atoms with E-state index in [2.05, 4.69) is 4.98 Å². The lowest BCUT2D eigenvalue weighted by Crippen LogP contribution is -2.05. The van der Waals surface area contributed by atoms with Gasteiger partial charge < -0.3 is 10.5 Å². The lowest BCUT2D eigenvalue weighted by Gasteiger charge is -2.14. The minimum Gasteiger partial charge on any atom is -0.487 e. The zero-order valence-corrected chi connectivity index (χ0v) is 12.3. The molecule has 0 unspecified atom stereocenters. The maximum Gasteiger partial charge on any atom is 0.144 e. The molecule has 0 radical (unpaired) electrons. The SMILES string of the molecule is Cc1nc(N)c(C)c(C)c1OCc1ccccc1.Cl. The topological polar surface area (TPSA) is 48.1 Å². The molecule has 0 atom stereocenters. The number of benzene rings is 1. The van der Waals surface area contributed by atoms with Crippen LogP contribution in [0.2, 0.25) is 0 Å². The average molecular weight is 279 g/mol. The fraction of sp³-hybridized carbons (Fsp3) is 0.267. The molecule has 0 aliphatic carbocycles. The minimum atomic E-state index is 0. The van der Waals surface area contributed by atoms with Gasteiger partial charge in [0.1, 0.15) is 18.2 Å². The zero-order chi connectivity index (χ0) is 13.1. The van der Waals surface area contributed by atoms with Crippen molar-refractivity contribution < 1.29 is 4.74 Å². The highest BCUT2D eigenvalue weighted by atomic mass is 35.5. The van der Waals surface area contributed by atoms with Gasteiger partial charge >= 0.3 is 0 Å². The van der Waals surface area contributed by atoms with E-state index in [1.54, 1.807) is 0 Å². The maximum atomic E-state index is 5.87. The van der Waals surface area contributed by atoms with Gasteiger partial charge in [-0.1, -0.05) is 30.3 Å². The van der Waals surface area contributed by atoms with Crippen molar-refractivity contribution in [1.82, 2.24) is 4.98 Å². The van der Waals surface area contributed by atoms with Crippen molar-refractivity contribution in [3.8, 4) is 5.75 Å². The molecule has 1 aromatic carbocycles. The summed E-state index contributed by atoms with van der Waals surface area (Å²) in [5.74, 6) is 1.42. The fourth-order valence-electron chi connectivity index (χ4n) is 1.89. The van der Waals surface area contributed by atoms with Crippen molar-refractivity contribution >= 4 is 18.2 Å². The monoisotopic (exact) mass is 278 g/mol. The lowest BCUT2D eigenvalue weighted by molar-refractivity contribution is 0.300. The average Bonchev–Trinajstić information content (AvgIpc) is 2.37. The van der Waals surface area contributed by atoms with Crippen molar-refractivity contribution in [3.05, 3.63) is 52.7 Å². The van der Waals surface area contributed by atoms with Crippen molar-refractivity contribution in [3.63, 3.8) is 0 Å². The molecule has 0 aliphatic rings. The van der Waals surface area contributed by atoms with Crippen molar-refractivity contribution in [2.24, 2.45) is 0 Å². The Morgan fingerprint density at radius 1 is 1.05 bits per heavy atom. The molecule has 0 bridgehead atoms. The smallest absolute Gasteiger partial charge is 0.144 e. The van der Waals surface area contributed by atoms with Gasteiger partial charge in [-0.05, 0) is 37.5 Å². The van der Waals surface area contributed by atoms with Crippen LogP contribution >= 0.6 is 12.4 Å². The summed E-state index contributed by atoms with van der Waals surface area (Å²) >= 11 is 0. The number of nitrogen functional groups attached to an aromatic ring is 1. The van der Waals surface area contributed by atoms with E-state index >= 15 is 0 Å². The number of aromatic nitrogens is 1. The van der Waals surface area contributed by atoms with E-state index in [1.165, 1.54) is 0 Å². The van der Waals surface area contributed by atoms with Gasteiger partial charge in [0.2, 0.25) is 0 Å². The number of anilines is 1. The number of hydrogen-bond acceptors (Lipinski definition) is 3. The van der Waals surface area contributed by atoms with Crippen LogP contribution < -0.4 is 10.5 Å². The summed E-state index contributed by atoms with van der Waals surface area (Å²) < 4.78 is 5.87. The number of ether oxygens (including phenoxy) is 1. The molecule has 0 fully saturated rings. The Kier molecular flexibility index (Phi) is 5.19. The van der Waals surface area contributed by atoms with Crippen LogP contribution in [0.5, 0.6) is 5.75 Å². The van der Waals surface area contributed by atoms with Gasteiger partial charge in [-0.3, -0.25) is 0 Å². The largest absolute Gasteiger partial charge is 0.487 e. The molecular weight excluding hydrogens is 260 g/mol. The third-order valence-corrected chi connectivity index (χ3v) is 3.13. The second-order valence-electron chi connectivity index (χ2n) is 4.44. The number of pyridine rings is 1. The predicted molar refractivity (Wildman–Crippen MR) is 80.9 cm³/mol. The van der Waals surface area contributed by atoms with E-state index in [-0.39, 0.29) is 12.4 Å². The van der Waals surface area contributed by atoms with Gasteiger partial charge in [0.25, 0.3) is 0 Å². The van der Waals surface area contributed by atoms with Crippen LogP contribution in [0.25, 0.3) is 0 Å². The van der Waals surface area contributed by atoms with E-state index in [0.29, 0.717) is 12.4 Å². The summed E-state index contributed by atoms with van der Waals surface area (Å²) in [5.41, 5.74) is 9.87. The second kappa shape index (κ2) is 6.43. The second-order valence-corrected chi connectivity index (χ2v) is 4.44. The summed E-state index contributed by atoms with van der Waals surface area (Å²) in [6.45, 7) is 6.45. The molecule has 0 saturated heterocycles. The van der Waals surface area contributed by atoms with E-state index in [1.807, 2.05) is 51.1 Å². The zero-order valence-electron chi connectivity index (χ0n) is 11.4.